The van der Waals surface area contributed by atoms with Crippen LogP contribution in [0.2, 0.25) is 0 Å². The monoisotopic (exact) mass is 243 g/mol. The summed E-state index contributed by atoms with van der Waals surface area (Å²) in [7, 11) is 4.05. The highest BCUT2D eigenvalue weighted by Gasteiger charge is 2.04. The van der Waals surface area contributed by atoms with Gasteiger partial charge < -0.3 is 15.5 Å². The zero-order valence-electron chi connectivity index (χ0n) is 11.9. The smallest absolute Gasteiger partial charge is 0.220 e. The molecular formula is C13H29N3O. The Hall–Kier alpha value is -0.610. The summed E-state index contributed by atoms with van der Waals surface area (Å²) in [5.74, 6) is 0.177. The maximum absolute atomic E-state index is 11.5. The Morgan fingerprint density at radius 1 is 1.35 bits per heavy atom. The van der Waals surface area contributed by atoms with Crippen LogP contribution in [-0.4, -0.2) is 50.6 Å². The molecule has 1 unspecified atom stereocenters. The number of carbonyl (C=O) groups excluding carboxylic acids is 1. The first-order valence-corrected chi connectivity index (χ1v) is 6.72. The summed E-state index contributed by atoms with van der Waals surface area (Å²) in [5.41, 5.74) is 0. The normalized spacial score (nSPS) is 12.8. The third-order valence-electron chi connectivity index (χ3n) is 3.13. The molecule has 0 aromatic carbocycles. The van der Waals surface area contributed by atoms with Crippen LogP contribution >= 0.6 is 0 Å². The molecule has 1 atom stereocenters. The summed E-state index contributed by atoms with van der Waals surface area (Å²) >= 11 is 0. The van der Waals surface area contributed by atoms with Gasteiger partial charge >= 0.3 is 0 Å². The molecule has 0 saturated heterocycles. The Bertz CT molecular complexity index is 197. The fourth-order valence-electron chi connectivity index (χ4n) is 1.47. The van der Waals surface area contributed by atoms with Crippen LogP contribution in [0.3, 0.4) is 0 Å². The number of nitrogens with one attached hydrogen (secondary N) is 2. The SMILES string of the molecule is CCN(C)CCCCNC(=O)CCC(C)NC. The van der Waals surface area contributed by atoms with Crippen molar-refractivity contribution in [1.29, 1.82) is 0 Å². The van der Waals surface area contributed by atoms with Gasteiger partial charge in [0.1, 0.15) is 0 Å². The van der Waals surface area contributed by atoms with Crippen molar-refractivity contribution in [2.45, 2.75) is 45.6 Å². The van der Waals surface area contributed by atoms with E-state index in [9.17, 15) is 4.79 Å². The van der Waals surface area contributed by atoms with Gasteiger partial charge in [-0.3, -0.25) is 4.79 Å². The van der Waals surface area contributed by atoms with Gasteiger partial charge in [0.2, 0.25) is 5.91 Å². The highest BCUT2D eigenvalue weighted by atomic mass is 16.1. The highest BCUT2D eigenvalue weighted by Crippen LogP contribution is 1.96. The first-order valence-electron chi connectivity index (χ1n) is 6.72. The Balaban J connectivity index is 3.33. The molecule has 4 nitrogen and oxygen atoms in total. The van der Waals surface area contributed by atoms with Crippen molar-refractivity contribution in [3.05, 3.63) is 0 Å². The third kappa shape index (κ3) is 10.3. The average Bonchev–Trinajstić information content (AvgIpc) is 2.34. The van der Waals surface area contributed by atoms with E-state index in [2.05, 4.69) is 36.4 Å². The largest absolute Gasteiger partial charge is 0.356 e. The van der Waals surface area contributed by atoms with E-state index in [1.807, 2.05) is 7.05 Å². The second-order valence-corrected chi connectivity index (χ2v) is 4.68. The number of rotatable bonds is 10. The second-order valence-electron chi connectivity index (χ2n) is 4.68. The molecule has 0 heterocycles. The van der Waals surface area contributed by atoms with Crippen LogP contribution < -0.4 is 10.6 Å². The molecule has 1 amide bonds. The lowest BCUT2D eigenvalue weighted by atomic mass is 10.2. The van der Waals surface area contributed by atoms with E-state index in [4.69, 9.17) is 0 Å². The van der Waals surface area contributed by atoms with Crippen LogP contribution in [0, 0.1) is 0 Å². The van der Waals surface area contributed by atoms with E-state index in [0.717, 1.165) is 38.9 Å². The highest BCUT2D eigenvalue weighted by molar-refractivity contribution is 5.75. The van der Waals surface area contributed by atoms with Gasteiger partial charge in [-0.2, -0.15) is 0 Å². The Labute approximate surface area is 106 Å². The van der Waals surface area contributed by atoms with E-state index in [1.165, 1.54) is 0 Å². The molecule has 2 N–H and O–H groups in total. The molecule has 17 heavy (non-hydrogen) atoms. The topological polar surface area (TPSA) is 44.4 Å². The van der Waals surface area contributed by atoms with Gasteiger partial charge in [0.15, 0.2) is 0 Å². The van der Waals surface area contributed by atoms with Crippen molar-refractivity contribution >= 4 is 5.91 Å². The quantitative estimate of drug-likeness (QED) is 0.567. The van der Waals surface area contributed by atoms with Crippen molar-refractivity contribution in [2.24, 2.45) is 0 Å². The number of nitrogens with zero attached hydrogens (tertiary/aromatic N) is 1. The lowest BCUT2D eigenvalue weighted by molar-refractivity contribution is -0.121. The third-order valence-corrected chi connectivity index (χ3v) is 3.13. The van der Waals surface area contributed by atoms with E-state index >= 15 is 0 Å². The fraction of sp³-hybridized carbons (Fsp3) is 0.923. The maximum atomic E-state index is 11.5. The molecule has 0 aromatic heterocycles. The van der Waals surface area contributed by atoms with E-state index in [0.29, 0.717) is 12.5 Å². The predicted octanol–water partition coefficient (Wildman–Crippen LogP) is 1.22. The van der Waals surface area contributed by atoms with Crippen molar-refractivity contribution < 1.29 is 4.79 Å². The fourth-order valence-corrected chi connectivity index (χ4v) is 1.47. The summed E-state index contributed by atoms with van der Waals surface area (Å²) in [6.07, 6.45) is 3.74. The molecule has 0 aliphatic rings. The summed E-state index contributed by atoms with van der Waals surface area (Å²) < 4.78 is 0. The molecule has 0 spiro atoms. The van der Waals surface area contributed by atoms with Gasteiger partial charge in [-0.25, -0.2) is 0 Å². The molecule has 4 heteroatoms. The van der Waals surface area contributed by atoms with Gasteiger partial charge in [0.25, 0.3) is 0 Å². The van der Waals surface area contributed by atoms with Crippen molar-refractivity contribution in [1.82, 2.24) is 15.5 Å². The Morgan fingerprint density at radius 3 is 2.65 bits per heavy atom. The lowest BCUT2D eigenvalue weighted by Gasteiger charge is -2.13. The number of amides is 1. The molecule has 102 valence electrons. The lowest BCUT2D eigenvalue weighted by Crippen LogP contribution is -2.28. The van der Waals surface area contributed by atoms with Crippen LogP contribution in [0.5, 0.6) is 0 Å². The van der Waals surface area contributed by atoms with Gasteiger partial charge in [-0.15, -0.1) is 0 Å². The van der Waals surface area contributed by atoms with Gasteiger partial charge in [0.05, 0.1) is 0 Å². The van der Waals surface area contributed by atoms with E-state index < -0.39 is 0 Å². The molecule has 0 fully saturated rings. The summed E-state index contributed by atoms with van der Waals surface area (Å²) in [6, 6.07) is 0.416. The molecule has 0 rings (SSSR count). The minimum absolute atomic E-state index is 0.177. The van der Waals surface area contributed by atoms with Crippen LogP contribution in [0.1, 0.15) is 39.5 Å². The molecule has 0 radical (unpaired) electrons. The Morgan fingerprint density at radius 2 is 2.06 bits per heavy atom. The average molecular weight is 243 g/mol. The number of hydrogen-bond donors (Lipinski definition) is 2. The van der Waals surface area contributed by atoms with Gasteiger partial charge in [-0.1, -0.05) is 6.92 Å². The molecule has 0 aliphatic carbocycles. The number of unbranched alkanes of at least 4 members (excludes halogenated alkanes) is 1. The molecular weight excluding hydrogens is 214 g/mol. The summed E-state index contributed by atoms with van der Waals surface area (Å²) in [6.45, 7) is 7.26. The van der Waals surface area contributed by atoms with E-state index in [1.54, 1.807) is 0 Å². The Kier molecular flexibility index (Phi) is 10.2. The van der Waals surface area contributed by atoms with Crippen molar-refractivity contribution in [3.63, 3.8) is 0 Å². The zero-order valence-corrected chi connectivity index (χ0v) is 11.9. The molecule has 0 aromatic rings. The number of hydrogen-bond acceptors (Lipinski definition) is 3. The first-order chi connectivity index (χ1) is 8.10. The molecule has 0 saturated carbocycles. The van der Waals surface area contributed by atoms with E-state index in [-0.39, 0.29) is 5.91 Å². The van der Waals surface area contributed by atoms with Gasteiger partial charge in [0, 0.05) is 19.0 Å². The second kappa shape index (κ2) is 10.5. The van der Waals surface area contributed by atoms with Crippen LogP contribution in [0.15, 0.2) is 0 Å². The molecule has 0 aliphatic heterocycles. The van der Waals surface area contributed by atoms with Crippen LogP contribution in [-0.2, 0) is 4.79 Å². The molecule has 0 bridgehead atoms. The zero-order chi connectivity index (χ0) is 13.1. The first kappa shape index (κ1) is 16.4. The van der Waals surface area contributed by atoms with Gasteiger partial charge in [-0.05, 0) is 53.4 Å². The summed E-state index contributed by atoms with van der Waals surface area (Å²) in [5, 5.41) is 6.10. The minimum Gasteiger partial charge on any atom is -0.356 e. The number of carbonyl (C=O) groups is 1. The predicted molar refractivity (Wildman–Crippen MR) is 73.2 cm³/mol. The van der Waals surface area contributed by atoms with Crippen LogP contribution in [0.25, 0.3) is 0 Å². The maximum Gasteiger partial charge on any atom is 0.220 e. The van der Waals surface area contributed by atoms with Crippen LogP contribution in [0.4, 0.5) is 0 Å². The standard InChI is InChI=1S/C13H29N3O/c1-5-16(4)11-7-6-10-15-13(17)9-8-12(2)14-3/h12,14H,5-11H2,1-4H3,(H,15,17). The summed E-state index contributed by atoms with van der Waals surface area (Å²) in [4.78, 5) is 13.8. The van der Waals surface area contributed by atoms with Crippen molar-refractivity contribution in [3.8, 4) is 0 Å². The van der Waals surface area contributed by atoms with Crippen molar-refractivity contribution in [2.75, 3.05) is 33.7 Å². The minimum atomic E-state index is 0.177.